The number of aryl methyl sites for hydroxylation is 1. The Bertz CT molecular complexity index is 903. The van der Waals surface area contributed by atoms with Crippen LogP contribution in [0.1, 0.15) is 38.8 Å². The van der Waals surface area contributed by atoms with Crippen LogP contribution in [-0.4, -0.2) is 15.0 Å². The average Bonchev–Trinajstić information content (AvgIpc) is 2.83. The number of hydrogen-bond donors (Lipinski definition) is 0. The van der Waals surface area contributed by atoms with E-state index in [0.717, 1.165) is 11.3 Å². The highest BCUT2D eigenvalue weighted by Gasteiger charge is 2.26. The van der Waals surface area contributed by atoms with Crippen LogP contribution in [0.3, 0.4) is 0 Å². The van der Waals surface area contributed by atoms with Crippen molar-refractivity contribution in [3.8, 4) is 0 Å². The number of thiophene rings is 1. The first-order valence-electron chi connectivity index (χ1n) is 7.66. The molecule has 0 aliphatic carbocycles. The molecule has 120 valence electrons. The maximum Gasteiger partial charge on any atom is 0.144 e. The van der Waals surface area contributed by atoms with Crippen LogP contribution in [-0.2, 0) is 11.4 Å². The molecule has 1 atom stereocenters. The molecule has 3 aromatic rings. The van der Waals surface area contributed by atoms with Gasteiger partial charge in [0, 0.05) is 25.7 Å². The molecule has 1 aromatic heterocycles. The summed E-state index contributed by atoms with van der Waals surface area (Å²) in [6.07, 6.45) is 0. The lowest BCUT2D eigenvalue weighted by molar-refractivity contribution is 0.561. The third-order valence-electron chi connectivity index (χ3n) is 3.79. The quantitative estimate of drug-likeness (QED) is 0.438. The molecule has 2 nitrogen and oxygen atoms in total. The summed E-state index contributed by atoms with van der Waals surface area (Å²) in [5.41, 5.74) is 3.13. The van der Waals surface area contributed by atoms with Crippen molar-refractivity contribution >= 4 is 48.6 Å². The number of rotatable bonds is 2. The van der Waals surface area contributed by atoms with E-state index >= 15 is 0 Å². The van der Waals surface area contributed by atoms with Crippen molar-refractivity contribution in [1.29, 1.82) is 0 Å². The van der Waals surface area contributed by atoms with Gasteiger partial charge in [0.25, 0.3) is 0 Å². The molecular weight excluding hydrogens is 322 g/mol. The van der Waals surface area contributed by atoms with Crippen molar-refractivity contribution < 1.29 is 4.55 Å². The number of hydrogen-bond acceptors (Lipinski definition) is 3. The summed E-state index contributed by atoms with van der Waals surface area (Å²) in [7, 11) is 0. The Hall–Kier alpha value is -1.36. The highest BCUT2D eigenvalue weighted by atomic mass is 32.2. The van der Waals surface area contributed by atoms with Gasteiger partial charge in [-0.15, -0.1) is 11.3 Å². The number of fused-ring (bicyclic) bond motifs is 3. The maximum atomic E-state index is 12.2. The molecule has 0 spiro atoms. The van der Waals surface area contributed by atoms with E-state index in [1.165, 1.54) is 25.7 Å². The lowest BCUT2D eigenvalue weighted by atomic mass is 10.1. The van der Waals surface area contributed by atoms with Gasteiger partial charge in [-0.1, -0.05) is 22.1 Å². The fraction of sp³-hybridized carbons (Fsp3) is 0.316. The molecular formula is C19H21NOS2. The van der Waals surface area contributed by atoms with E-state index in [4.69, 9.17) is 0 Å². The molecule has 0 radical (unpaired) electrons. The van der Waals surface area contributed by atoms with Crippen LogP contribution in [0.15, 0.2) is 40.8 Å². The van der Waals surface area contributed by atoms with Gasteiger partial charge in [-0.2, -0.15) is 0 Å². The van der Waals surface area contributed by atoms with Gasteiger partial charge in [0.05, 0.1) is 5.71 Å². The van der Waals surface area contributed by atoms with E-state index in [-0.39, 0.29) is 4.75 Å². The number of nitrogens with zero attached hydrogens (tertiary/aromatic N) is 1. The molecule has 23 heavy (non-hydrogen) atoms. The smallest absolute Gasteiger partial charge is 0.144 e. The van der Waals surface area contributed by atoms with E-state index in [9.17, 15) is 4.55 Å². The standard InChI is InChI=1S/C19H21NOS2/c1-12-6-8-17-15(10-12)16-11-14(7-9-18(16)22-17)13(2)20-23(21)19(3,4)5/h6-11H,1-5H3/b20-13+/t23-/m1/s1. The monoisotopic (exact) mass is 343 g/mol. The van der Waals surface area contributed by atoms with Gasteiger partial charge in [-0.25, -0.2) is 0 Å². The zero-order chi connectivity index (χ0) is 16.8. The van der Waals surface area contributed by atoms with Crippen molar-refractivity contribution in [3.05, 3.63) is 47.5 Å². The van der Waals surface area contributed by atoms with Gasteiger partial charge >= 0.3 is 0 Å². The number of benzene rings is 2. The Morgan fingerprint density at radius 2 is 1.65 bits per heavy atom. The van der Waals surface area contributed by atoms with Gasteiger partial charge in [-0.05, 0) is 58.9 Å². The largest absolute Gasteiger partial charge is 0.591 e. The Morgan fingerprint density at radius 1 is 1.04 bits per heavy atom. The first-order chi connectivity index (χ1) is 10.8. The van der Waals surface area contributed by atoms with Crippen LogP contribution in [0.2, 0.25) is 0 Å². The van der Waals surface area contributed by atoms with Crippen LogP contribution >= 0.6 is 11.3 Å². The van der Waals surface area contributed by atoms with E-state index < -0.39 is 11.4 Å². The molecule has 0 aliphatic heterocycles. The third kappa shape index (κ3) is 3.30. The molecule has 0 unspecified atom stereocenters. The van der Waals surface area contributed by atoms with Gasteiger partial charge in [-0.3, -0.25) is 0 Å². The summed E-state index contributed by atoms with van der Waals surface area (Å²) < 4.78 is 18.9. The lowest BCUT2D eigenvalue weighted by Gasteiger charge is -2.18. The molecule has 0 saturated carbocycles. The lowest BCUT2D eigenvalue weighted by Crippen LogP contribution is -2.26. The molecule has 0 bridgehead atoms. The Labute approximate surface area is 144 Å². The van der Waals surface area contributed by atoms with E-state index in [2.05, 4.69) is 47.7 Å². The highest BCUT2D eigenvalue weighted by Crippen LogP contribution is 2.35. The van der Waals surface area contributed by atoms with Crippen LogP contribution in [0.5, 0.6) is 0 Å². The summed E-state index contributed by atoms with van der Waals surface area (Å²) in [5.74, 6) is 0. The third-order valence-corrected chi connectivity index (χ3v) is 6.43. The molecule has 0 fully saturated rings. The molecule has 1 heterocycles. The van der Waals surface area contributed by atoms with E-state index in [0.29, 0.717) is 0 Å². The van der Waals surface area contributed by atoms with Crippen molar-refractivity contribution in [3.63, 3.8) is 0 Å². The minimum absolute atomic E-state index is 0.336. The van der Waals surface area contributed by atoms with E-state index in [1.54, 1.807) is 0 Å². The van der Waals surface area contributed by atoms with Crippen LogP contribution < -0.4 is 0 Å². The molecule has 0 aliphatic rings. The summed E-state index contributed by atoms with van der Waals surface area (Å²) in [6.45, 7) is 9.88. The predicted molar refractivity (Wildman–Crippen MR) is 104 cm³/mol. The molecule has 0 amide bonds. The van der Waals surface area contributed by atoms with Crippen LogP contribution in [0.25, 0.3) is 20.2 Å². The minimum atomic E-state index is -1.23. The van der Waals surface area contributed by atoms with Crippen molar-refractivity contribution in [1.82, 2.24) is 0 Å². The van der Waals surface area contributed by atoms with E-state index in [1.807, 2.05) is 39.0 Å². The first kappa shape index (κ1) is 16.5. The van der Waals surface area contributed by atoms with Gasteiger partial charge in [0.1, 0.15) is 16.1 Å². The summed E-state index contributed by atoms with van der Waals surface area (Å²) >= 11 is 0.577. The predicted octanol–water partition coefficient (Wildman–Crippen LogP) is 5.63. The zero-order valence-corrected chi connectivity index (χ0v) is 15.8. The second-order valence-corrected chi connectivity index (χ2v) is 9.84. The highest BCUT2D eigenvalue weighted by molar-refractivity contribution is 7.91. The summed E-state index contributed by atoms with van der Waals surface area (Å²) in [4.78, 5) is 0. The second-order valence-electron chi connectivity index (χ2n) is 6.85. The Balaban J connectivity index is 2.10. The summed E-state index contributed by atoms with van der Waals surface area (Å²) in [5, 5.41) is 2.54. The van der Waals surface area contributed by atoms with Crippen molar-refractivity contribution in [2.75, 3.05) is 0 Å². The van der Waals surface area contributed by atoms with Crippen molar-refractivity contribution in [2.24, 2.45) is 4.40 Å². The molecule has 0 N–H and O–H groups in total. The van der Waals surface area contributed by atoms with Gasteiger partial charge < -0.3 is 4.55 Å². The SMILES string of the molecule is C/C(=N\[S@+]([O-])C(C)(C)C)c1ccc2sc3ccc(C)cc3c2c1. The first-order valence-corrected chi connectivity index (χ1v) is 9.58. The topological polar surface area (TPSA) is 35.4 Å². The average molecular weight is 344 g/mol. The van der Waals surface area contributed by atoms with Crippen molar-refractivity contribution in [2.45, 2.75) is 39.4 Å². The fourth-order valence-electron chi connectivity index (χ4n) is 2.43. The normalized spacial score (nSPS) is 14.6. The fourth-order valence-corrected chi connectivity index (χ4v) is 4.13. The molecule has 4 heteroatoms. The van der Waals surface area contributed by atoms with Gasteiger partial charge in [0.15, 0.2) is 0 Å². The molecule has 0 saturated heterocycles. The second kappa shape index (κ2) is 5.93. The summed E-state index contributed by atoms with van der Waals surface area (Å²) in [6, 6.07) is 13.0. The van der Waals surface area contributed by atoms with Crippen LogP contribution in [0, 0.1) is 6.92 Å². The molecule has 2 aromatic carbocycles. The van der Waals surface area contributed by atoms with Crippen LogP contribution in [0.4, 0.5) is 0 Å². The zero-order valence-electron chi connectivity index (χ0n) is 14.1. The molecule has 3 rings (SSSR count). The minimum Gasteiger partial charge on any atom is -0.591 e. The maximum absolute atomic E-state index is 12.2. The Kier molecular flexibility index (Phi) is 4.25. The van der Waals surface area contributed by atoms with Gasteiger partial charge in [0.2, 0.25) is 0 Å². The Morgan fingerprint density at radius 3 is 2.30 bits per heavy atom.